The number of hydrogen-bond donors (Lipinski definition) is 2. The molecule has 2 amide bonds. The van der Waals surface area contributed by atoms with Crippen LogP contribution >= 0.6 is 0 Å². The second kappa shape index (κ2) is 9.21. The standard InChI is InChI=1S/C22H26N2O3/c1-2-23-22(26)24-19-12-14-20(15-13-19)27-21(25)18-10-8-17(9-11-18)16-6-4-3-5-7-16/h3-11,19-20H,2,12-15H2,1H3,(H2,23,24,26). The molecule has 5 nitrogen and oxygen atoms in total. The molecule has 1 aliphatic carbocycles. The van der Waals surface area contributed by atoms with E-state index in [2.05, 4.69) is 10.6 Å². The summed E-state index contributed by atoms with van der Waals surface area (Å²) in [6.07, 6.45) is 3.10. The van der Waals surface area contributed by atoms with Crippen molar-refractivity contribution < 1.29 is 14.3 Å². The van der Waals surface area contributed by atoms with Gasteiger partial charge in [-0.1, -0.05) is 42.5 Å². The number of ether oxygens (including phenoxy) is 1. The number of esters is 1. The number of urea groups is 1. The van der Waals surface area contributed by atoms with E-state index >= 15 is 0 Å². The van der Waals surface area contributed by atoms with Crippen LogP contribution in [0.3, 0.4) is 0 Å². The molecule has 0 spiro atoms. The topological polar surface area (TPSA) is 67.4 Å². The summed E-state index contributed by atoms with van der Waals surface area (Å²) >= 11 is 0. The van der Waals surface area contributed by atoms with Gasteiger partial charge in [0.25, 0.3) is 0 Å². The summed E-state index contributed by atoms with van der Waals surface area (Å²) in [6, 6.07) is 17.6. The van der Waals surface area contributed by atoms with Crippen LogP contribution in [0.5, 0.6) is 0 Å². The molecular formula is C22H26N2O3. The summed E-state index contributed by atoms with van der Waals surface area (Å²) in [4.78, 5) is 24.0. The summed E-state index contributed by atoms with van der Waals surface area (Å²) < 4.78 is 5.66. The van der Waals surface area contributed by atoms with Crippen molar-refractivity contribution in [3.8, 4) is 11.1 Å². The third-order valence-corrected chi connectivity index (χ3v) is 4.85. The van der Waals surface area contributed by atoms with Crippen LogP contribution < -0.4 is 10.6 Å². The number of hydrogen-bond acceptors (Lipinski definition) is 3. The molecule has 2 N–H and O–H groups in total. The lowest BCUT2D eigenvalue weighted by molar-refractivity contribution is 0.0188. The zero-order valence-electron chi connectivity index (χ0n) is 15.6. The Morgan fingerprint density at radius 2 is 1.56 bits per heavy atom. The van der Waals surface area contributed by atoms with Crippen LogP contribution in [-0.2, 0) is 4.74 Å². The van der Waals surface area contributed by atoms with Gasteiger partial charge in [0.1, 0.15) is 6.10 Å². The van der Waals surface area contributed by atoms with Gasteiger partial charge in [0.05, 0.1) is 5.56 Å². The van der Waals surface area contributed by atoms with Crippen LogP contribution in [0, 0.1) is 0 Å². The monoisotopic (exact) mass is 366 g/mol. The van der Waals surface area contributed by atoms with E-state index in [0.29, 0.717) is 12.1 Å². The van der Waals surface area contributed by atoms with Crippen molar-refractivity contribution in [1.82, 2.24) is 10.6 Å². The van der Waals surface area contributed by atoms with Crippen molar-refractivity contribution in [2.75, 3.05) is 6.54 Å². The van der Waals surface area contributed by atoms with Gasteiger partial charge in [0.2, 0.25) is 0 Å². The predicted molar refractivity (Wildman–Crippen MR) is 106 cm³/mol. The summed E-state index contributed by atoms with van der Waals surface area (Å²) in [5.41, 5.74) is 2.76. The Morgan fingerprint density at radius 1 is 0.926 bits per heavy atom. The fourth-order valence-corrected chi connectivity index (χ4v) is 3.37. The zero-order chi connectivity index (χ0) is 19.1. The molecule has 1 fully saturated rings. The number of nitrogens with one attached hydrogen (secondary N) is 2. The predicted octanol–water partition coefficient (Wildman–Crippen LogP) is 4.14. The lowest BCUT2D eigenvalue weighted by Gasteiger charge is -2.28. The molecule has 142 valence electrons. The highest BCUT2D eigenvalue weighted by atomic mass is 16.5. The Kier molecular flexibility index (Phi) is 6.47. The highest BCUT2D eigenvalue weighted by Crippen LogP contribution is 2.23. The van der Waals surface area contributed by atoms with Gasteiger partial charge in [0.15, 0.2) is 0 Å². The maximum absolute atomic E-state index is 12.4. The molecule has 2 aromatic rings. The Balaban J connectivity index is 1.49. The molecule has 1 aliphatic rings. The second-order valence-electron chi connectivity index (χ2n) is 6.83. The Hall–Kier alpha value is -2.82. The summed E-state index contributed by atoms with van der Waals surface area (Å²) in [5, 5.41) is 5.70. The SMILES string of the molecule is CCNC(=O)NC1CCC(OC(=O)c2ccc(-c3ccccc3)cc2)CC1. The number of rotatable bonds is 5. The van der Waals surface area contributed by atoms with E-state index in [9.17, 15) is 9.59 Å². The van der Waals surface area contributed by atoms with Crippen LogP contribution in [0.4, 0.5) is 4.79 Å². The third kappa shape index (κ3) is 5.33. The maximum atomic E-state index is 12.4. The van der Waals surface area contributed by atoms with E-state index in [1.165, 1.54) is 0 Å². The molecule has 0 saturated heterocycles. The van der Waals surface area contributed by atoms with Gasteiger partial charge in [-0.15, -0.1) is 0 Å². The Morgan fingerprint density at radius 3 is 2.19 bits per heavy atom. The first kappa shape index (κ1) is 19.0. The molecule has 5 heteroatoms. The van der Waals surface area contributed by atoms with Crippen molar-refractivity contribution in [1.29, 1.82) is 0 Å². The Bertz CT molecular complexity index is 751. The van der Waals surface area contributed by atoms with Crippen molar-refractivity contribution >= 4 is 12.0 Å². The average molecular weight is 366 g/mol. The van der Waals surface area contributed by atoms with E-state index in [-0.39, 0.29) is 24.1 Å². The average Bonchev–Trinajstić information content (AvgIpc) is 2.70. The van der Waals surface area contributed by atoms with Gasteiger partial charge in [-0.25, -0.2) is 9.59 Å². The van der Waals surface area contributed by atoms with E-state index in [4.69, 9.17) is 4.74 Å². The van der Waals surface area contributed by atoms with Crippen molar-refractivity contribution in [2.45, 2.75) is 44.8 Å². The van der Waals surface area contributed by atoms with Gasteiger partial charge < -0.3 is 15.4 Å². The minimum absolute atomic E-state index is 0.0846. The number of amides is 2. The number of carbonyl (C=O) groups excluding carboxylic acids is 2. The van der Waals surface area contributed by atoms with Gasteiger partial charge in [-0.2, -0.15) is 0 Å². The first-order chi connectivity index (χ1) is 13.2. The molecule has 1 saturated carbocycles. The normalized spacial score (nSPS) is 19.1. The van der Waals surface area contributed by atoms with Gasteiger partial charge in [0, 0.05) is 12.6 Å². The van der Waals surface area contributed by atoms with Crippen LogP contribution in [0.25, 0.3) is 11.1 Å². The minimum Gasteiger partial charge on any atom is -0.459 e. The molecule has 3 rings (SSSR count). The summed E-state index contributed by atoms with van der Waals surface area (Å²) in [6.45, 7) is 2.50. The minimum atomic E-state index is -0.283. The molecule has 0 aliphatic heterocycles. The molecule has 27 heavy (non-hydrogen) atoms. The highest BCUT2D eigenvalue weighted by Gasteiger charge is 2.25. The van der Waals surface area contributed by atoms with Gasteiger partial charge >= 0.3 is 12.0 Å². The quantitative estimate of drug-likeness (QED) is 0.782. The van der Waals surface area contributed by atoms with E-state index < -0.39 is 0 Å². The first-order valence-corrected chi connectivity index (χ1v) is 9.56. The van der Waals surface area contributed by atoms with Crippen LogP contribution in [0.15, 0.2) is 54.6 Å². The fourth-order valence-electron chi connectivity index (χ4n) is 3.37. The smallest absolute Gasteiger partial charge is 0.338 e. The first-order valence-electron chi connectivity index (χ1n) is 9.56. The lowest BCUT2D eigenvalue weighted by Crippen LogP contribution is -2.44. The molecule has 0 radical (unpaired) electrons. The van der Waals surface area contributed by atoms with Crippen molar-refractivity contribution in [3.05, 3.63) is 60.2 Å². The second-order valence-corrected chi connectivity index (χ2v) is 6.83. The Labute approximate surface area is 160 Å². The van der Waals surface area contributed by atoms with E-state index in [0.717, 1.165) is 36.8 Å². The summed E-state index contributed by atoms with van der Waals surface area (Å²) in [7, 11) is 0. The third-order valence-electron chi connectivity index (χ3n) is 4.85. The van der Waals surface area contributed by atoms with E-state index in [1.807, 2.05) is 61.5 Å². The molecule has 0 aromatic heterocycles. The van der Waals surface area contributed by atoms with E-state index in [1.54, 1.807) is 0 Å². The van der Waals surface area contributed by atoms with Gasteiger partial charge in [-0.05, 0) is 55.9 Å². The van der Waals surface area contributed by atoms with Crippen LogP contribution in [0.1, 0.15) is 43.0 Å². The molecule has 0 bridgehead atoms. The number of benzene rings is 2. The molecule has 0 heterocycles. The molecular weight excluding hydrogens is 340 g/mol. The zero-order valence-corrected chi connectivity index (χ0v) is 15.6. The van der Waals surface area contributed by atoms with Crippen molar-refractivity contribution in [2.24, 2.45) is 0 Å². The largest absolute Gasteiger partial charge is 0.459 e. The highest BCUT2D eigenvalue weighted by molar-refractivity contribution is 5.90. The summed E-state index contributed by atoms with van der Waals surface area (Å²) in [5.74, 6) is -0.283. The number of carbonyl (C=O) groups is 2. The molecule has 0 atom stereocenters. The lowest BCUT2D eigenvalue weighted by atomic mass is 9.93. The fraction of sp³-hybridized carbons (Fsp3) is 0.364. The molecule has 2 aromatic carbocycles. The van der Waals surface area contributed by atoms with Crippen molar-refractivity contribution in [3.63, 3.8) is 0 Å². The van der Waals surface area contributed by atoms with Crippen LogP contribution in [-0.4, -0.2) is 30.7 Å². The molecule has 0 unspecified atom stereocenters. The van der Waals surface area contributed by atoms with Crippen LogP contribution in [0.2, 0.25) is 0 Å². The van der Waals surface area contributed by atoms with Gasteiger partial charge in [-0.3, -0.25) is 0 Å². The maximum Gasteiger partial charge on any atom is 0.338 e.